The highest BCUT2D eigenvalue weighted by Crippen LogP contribution is 2.28. The Morgan fingerprint density at radius 2 is 1.83 bits per heavy atom. The molecule has 1 aromatic carbocycles. The molecule has 0 atom stereocenters. The third-order valence-corrected chi connectivity index (χ3v) is 5.40. The molecule has 1 aliphatic carbocycles. The summed E-state index contributed by atoms with van der Waals surface area (Å²) in [5.74, 6) is 0.907. The lowest BCUT2D eigenvalue weighted by molar-refractivity contribution is 0.0952. The van der Waals surface area contributed by atoms with Crippen LogP contribution in [0.25, 0.3) is 11.1 Å². The van der Waals surface area contributed by atoms with Crippen LogP contribution in [0.15, 0.2) is 30.3 Å². The first-order chi connectivity index (χ1) is 14.1. The summed E-state index contributed by atoms with van der Waals surface area (Å²) in [6.45, 7) is 2.50. The van der Waals surface area contributed by atoms with Crippen molar-refractivity contribution < 1.29 is 9.53 Å². The zero-order chi connectivity index (χ0) is 20.6. The molecule has 1 aliphatic rings. The molecule has 5 nitrogen and oxygen atoms in total. The molecule has 1 heterocycles. The molecule has 2 aromatic rings. The van der Waals surface area contributed by atoms with Crippen LogP contribution in [0, 0.1) is 0 Å². The molecular formula is C24H33N3O2. The Kier molecular flexibility index (Phi) is 7.76. The van der Waals surface area contributed by atoms with E-state index >= 15 is 0 Å². The van der Waals surface area contributed by atoms with Gasteiger partial charge < -0.3 is 9.64 Å². The molecule has 1 fully saturated rings. The van der Waals surface area contributed by atoms with Gasteiger partial charge in [0.05, 0.1) is 18.3 Å². The largest absolute Gasteiger partial charge is 0.490 e. The van der Waals surface area contributed by atoms with E-state index in [-0.39, 0.29) is 5.78 Å². The number of likely N-dealkylation sites (N-methyl/N-ethyl adjacent to an activating group) is 1. The van der Waals surface area contributed by atoms with Crippen molar-refractivity contribution in [3.8, 4) is 16.9 Å². The van der Waals surface area contributed by atoms with E-state index in [2.05, 4.69) is 29.3 Å². The summed E-state index contributed by atoms with van der Waals surface area (Å²) >= 11 is 0. The molecule has 0 aliphatic heterocycles. The topological polar surface area (TPSA) is 55.3 Å². The van der Waals surface area contributed by atoms with E-state index in [9.17, 15) is 4.79 Å². The SMILES string of the molecule is CCCCc1nnc(C(=O)CN(C)C)cc1-c1ccc(OC2CCCCC2)cc1. The van der Waals surface area contributed by atoms with Crippen LogP contribution in [0.5, 0.6) is 5.75 Å². The van der Waals surface area contributed by atoms with Crippen molar-refractivity contribution in [1.82, 2.24) is 15.1 Å². The summed E-state index contributed by atoms with van der Waals surface area (Å²) in [4.78, 5) is 14.3. The first-order valence-corrected chi connectivity index (χ1v) is 10.9. The molecule has 5 heteroatoms. The first kappa shape index (κ1) is 21.4. The molecule has 3 rings (SSSR count). The number of unbranched alkanes of at least 4 members (excludes halogenated alkanes) is 1. The summed E-state index contributed by atoms with van der Waals surface area (Å²) in [5, 5.41) is 8.63. The normalized spacial score (nSPS) is 14.9. The number of aryl methyl sites for hydroxylation is 1. The fourth-order valence-electron chi connectivity index (χ4n) is 3.79. The minimum absolute atomic E-state index is 0.0111. The number of carbonyl (C=O) groups is 1. The van der Waals surface area contributed by atoms with E-state index in [0.29, 0.717) is 18.3 Å². The van der Waals surface area contributed by atoms with Gasteiger partial charge in [0, 0.05) is 5.56 Å². The number of ketones is 1. The van der Waals surface area contributed by atoms with Gasteiger partial charge in [0.1, 0.15) is 11.4 Å². The van der Waals surface area contributed by atoms with Crippen LogP contribution in [0.2, 0.25) is 0 Å². The van der Waals surface area contributed by atoms with Gasteiger partial charge in [-0.3, -0.25) is 4.79 Å². The van der Waals surface area contributed by atoms with Gasteiger partial charge in [0.25, 0.3) is 0 Å². The van der Waals surface area contributed by atoms with Crippen LogP contribution in [-0.4, -0.2) is 47.6 Å². The summed E-state index contributed by atoms with van der Waals surface area (Å²) < 4.78 is 6.16. The van der Waals surface area contributed by atoms with Crippen LogP contribution in [0.4, 0.5) is 0 Å². The summed E-state index contributed by atoms with van der Waals surface area (Å²) in [5.41, 5.74) is 3.44. The number of nitrogens with zero attached hydrogens (tertiary/aromatic N) is 3. The van der Waals surface area contributed by atoms with Crippen molar-refractivity contribution in [3.05, 3.63) is 41.7 Å². The lowest BCUT2D eigenvalue weighted by Gasteiger charge is -2.23. The number of carbonyl (C=O) groups excluding carboxylic acids is 1. The average molecular weight is 396 g/mol. The molecular weight excluding hydrogens is 362 g/mol. The molecule has 0 spiro atoms. The second-order valence-corrected chi connectivity index (χ2v) is 8.26. The van der Waals surface area contributed by atoms with Crippen molar-refractivity contribution in [2.24, 2.45) is 0 Å². The number of hydrogen-bond acceptors (Lipinski definition) is 5. The fourth-order valence-corrected chi connectivity index (χ4v) is 3.79. The van der Waals surface area contributed by atoms with Crippen molar-refractivity contribution in [2.45, 2.75) is 64.4 Å². The summed E-state index contributed by atoms with van der Waals surface area (Å²) in [6, 6.07) is 10.1. The molecule has 1 saturated carbocycles. The highest BCUT2D eigenvalue weighted by molar-refractivity contribution is 5.96. The number of hydrogen-bond donors (Lipinski definition) is 0. The number of aromatic nitrogens is 2. The van der Waals surface area contributed by atoms with Gasteiger partial charge in [-0.1, -0.05) is 31.9 Å². The molecule has 0 bridgehead atoms. The van der Waals surface area contributed by atoms with Gasteiger partial charge in [-0.25, -0.2) is 0 Å². The Hall–Kier alpha value is -2.27. The van der Waals surface area contributed by atoms with Crippen LogP contribution in [-0.2, 0) is 6.42 Å². The number of ether oxygens (including phenoxy) is 1. The predicted molar refractivity (Wildman–Crippen MR) is 116 cm³/mol. The first-order valence-electron chi connectivity index (χ1n) is 10.9. The van der Waals surface area contributed by atoms with Crippen molar-refractivity contribution in [1.29, 1.82) is 0 Å². The number of rotatable bonds is 9. The highest BCUT2D eigenvalue weighted by atomic mass is 16.5. The van der Waals surface area contributed by atoms with Crippen LogP contribution in [0.3, 0.4) is 0 Å². The Morgan fingerprint density at radius 1 is 1.10 bits per heavy atom. The second-order valence-electron chi connectivity index (χ2n) is 8.26. The lowest BCUT2D eigenvalue weighted by Crippen LogP contribution is -2.23. The Labute approximate surface area is 174 Å². The maximum Gasteiger partial charge on any atom is 0.196 e. The molecule has 0 unspecified atom stereocenters. The van der Waals surface area contributed by atoms with Crippen molar-refractivity contribution in [3.63, 3.8) is 0 Å². The molecule has 0 saturated heterocycles. The van der Waals surface area contributed by atoms with E-state index < -0.39 is 0 Å². The van der Waals surface area contributed by atoms with E-state index in [4.69, 9.17) is 4.74 Å². The summed E-state index contributed by atoms with van der Waals surface area (Å²) in [6.07, 6.45) is 9.48. The predicted octanol–water partition coefficient (Wildman–Crippen LogP) is 4.94. The maximum absolute atomic E-state index is 12.5. The van der Waals surface area contributed by atoms with Gasteiger partial charge in [-0.05, 0) is 76.4 Å². The zero-order valence-corrected chi connectivity index (χ0v) is 18.0. The van der Waals surface area contributed by atoms with Gasteiger partial charge >= 0.3 is 0 Å². The number of benzene rings is 1. The average Bonchev–Trinajstić information content (AvgIpc) is 2.73. The summed E-state index contributed by atoms with van der Waals surface area (Å²) in [7, 11) is 3.76. The van der Waals surface area contributed by atoms with Gasteiger partial charge in [0.15, 0.2) is 5.78 Å². The standard InChI is InChI=1S/C24H33N3O2/c1-4-5-11-22-21(16-23(26-25-22)24(28)17-27(2)3)18-12-14-20(15-13-18)29-19-9-7-6-8-10-19/h12-16,19H,4-11,17H2,1-3H3. The molecule has 0 radical (unpaired) electrons. The van der Waals surface area contributed by atoms with E-state index in [0.717, 1.165) is 54.7 Å². The van der Waals surface area contributed by atoms with Gasteiger partial charge in [0.2, 0.25) is 0 Å². The molecule has 156 valence electrons. The smallest absolute Gasteiger partial charge is 0.196 e. The van der Waals surface area contributed by atoms with Crippen LogP contribution >= 0.6 is 0 Å². The minimum Gasteiger partial charge on any atom is -0.490 e. The lowest BCUT2D eigenvalue weighted by atomic mass is 9.97. The molecule has 0 N–H and O–H groups in total. The van der Waals surface area contributed by atoms with E-state index in [1.807, 2.05) is 37.2 Å². The Bertz CT molecular complexity index is 796. The van der Waals surface area contributed by atoms with Crippen LogP contribution in [0.1, 0.15) is 68.1 Å². The molecule has 0 amide bonds. The zero-order valence-electron chi connectivity index (χ0n) is 18.0. The molecule has 29 heavy (non-hydrogen) atoms. The molecule has 1 aromatic heterocycles. The second kappa shape index (κ2) is 10.5. The quantitative estimate of drug-likeness (QED) is 0.563. The Balaban J connectivity index is 1.82. The van der Waals surface area contributed by atoms with E-state index in [1.54, 1.807) is 0 Å². The van der Waals surface area contributed by atoms with Crippen LogP contribution < -0.4 is 4.74 Å². The fraction of sp³-hybridized carbons (Fsp3) is 0.542. The third-order valence-electron chi connectivity index (χ3n) is 5.40. The Morgan fingerprint density at radius 3 is 2.48 bits per heavy atom. The third kappa shape index (κ3) is 6.10. The minimum atomic E-state index is -0.0111. The van der Waals surface area contributed by atoms with Gasteiger partial charge in [-0.2, -0.15) is 5.10 Å². The van der Waals surface area contributed by atoms with Crippen molar-refractivity contribution >= 4 is 5.78 Å². The van der Waals surface area contributed by atoms with E-state index in [1.165, 1.54) is 19.3 Å². The maximum atomic E-state index is 12.5. The number of Topliss-reactive ketones (excluding diaryl/α,β-unsaturated/α-hetero) is 1. The monoisotopic (exact) mass is 395 g/mol. The van der Waals surface area contributed by atoms with Crippen molar-refractivity contribution in [2.75, 3.05) is 20.6 Å². The highest BCUT2D eigenvalue weighted by Gasteiger charge is 2.17. The van der Waals surface area contributed by atoms with Gasteiger partial charge in [-0.15, -0.1) is 5.10 Å².